The molecule has 0 fully saturated rings. The number of aromatic nitrogens is 3. The lowest BCUT2D eigenvalue weighted by molar-refractivity contribution is -0.118. The van der Waals surface area contributed by atoms with Gasteiger partial charge in [0.1, 0.15) is 5.82 Å². The molecule has 0 aliphatic rings. The summed E-state index contributed by atoms with van der Waals surface area (Å²) in [6.07, 6.45) is 8.73. The van der Waals surface area contributed by atoms with Crippen LogP contribution in [-0.4, -0.2) is 33.2 Å². The van der Waals surface area contributed by atoms with Gasteiger partial charge in [0.15, 0.2) is 0 Å². The van der Waals surface area contributed by atoms with Gasteiger partial charge in [-0.25, -0.2) is 4.98 Å². The quantitative estimate of drug-likeness (QED) is 0.596. The van der Waals surface area contributed by atoms with Crippen LogP contribution in [0.2, 0.25) is 0 Å². The van der Waals surface area contributed by atoms with Crippen molar-refractivity contribution < 1.29 is 4.79 Å². The van der Waals surface area contributed by atoms with Gasteiger partial charge in [0.2, 0.25) is 5.91 Å². The number of pyridine rings is 1. The Morgan fingerprint density at radius 2 is 2.16 bits per heavy atom. The molecule has 0 saturated carbocycles. The Morgan fingerprint density at radius 3 is 2.89 bits per heavy atom. The van der Waals surface area contributed by atoms with E-state index >= 15 is 0 Å². The number of rotatable bonds is 7. The fraction of sp³-hybridized carbons (Fsp3) is 0.308. The standard InChI is InChI=1S/C13H16N4OS/c18-13(10-19-11-3-6-14-7-4-11)17-5-1-2-12-15-8-9-16-12/h3-4,6-9H,1-2,5,10H2,(H,15,16)(H,17,18). The highest BCUT2D eigenvalue weighted by Gasteiger charge is 2.02. The van der Waals surface area contributed by atoms with E-state index < -0.39 is 0 Å². The lowest BCUT2D eigenvalue weighted by Crippen LogP contribution is -2.26. The first kappa shape index (κ1) is 13.6. The van der Waals surface area contributed by atoms with Crippen molar-refractivity contribution >= 4 is 17.7 Å². The monoisotopic (exact) mass is 276 g/mol. The van der Waals surface area contributed by atoms with Gasteiger partial charge in [0.05, 0.1) is 5.75 Å². The van der Waals surface area contributed by atoms with E-state index in [0.29, 0.717) is 12.3 Å². The molecule has 100 valence electrons. The van der Waals surface area contributed by atoms with Gasteiger partial charge in [-0.05, 0) is 18.6 Å². The Kier molecular flexibility index (Phi) is 5.43. The van der Waals surface area contributed by atoms with Crippen molar-refractivity contribution in [1.82, 2.24) is 20.3 Å². The van der Waals surface area contributed by atoms with Crippen LogP contribution < -0.4 is 5.32 Å². The number of aromatic amines is 1. The molecule has 2 rings (SSSR count). The highest BCUT2D eigenvalue weighted by atomic mass is 32.2. The van der Waals surface area contributed by atoms with Gasteiger partial charge in [-0.15, -0.1) is 11.8 Å². The van der Waals surface area contributed by atoms with Crippen molar-refractivity contribution in [3.63, 3.8) is 0 Å². The van der Waals surface area contributed by atoms with Gasteiger partial charge >= 0.3 is 0 Å². The van der Waals surface area contributed by atoms with Crippen molar-refractivity contribution in [3.05, 3.63) is 42.7 Å². The van der Waals surface area contributed by atoms with E-state index in [9.17, 15) is 4.79 Å². The lowest BCUT2D eigenvalue weighted by Gasteiger charge is -2.04. The first-order chi connectivity index (χ1) is 9.34. The van der Waals surface area contributed by atoms with Crippen LogP contribution in [0.4, 0.5) is 0 Å². The number of amides is 1. The van der Waals surface area contributed by atoms with Crippen molar-refractivity contribution in [3.8, 4) is 0 Å². The minimum absolute atomic E-state index is 0.0567. The fourth-order valence-electron chi connectivity index (χ4n) is 1.55. The van der Waals surface area contributed by atoms with Crippen molar-refractivity contribution in [2.75, 3.05) is 12.3 Å². The molecular formula is C13H16N4OS. The summed E-state index contributed by atoms with van der Waals surface area (Å²) in [6.45, 7) is 0.677. The number of hydrogen-bond acceptors (Lipinski definition) is 4. The minimum atomic E-state index is 0.0567. The number of carbonyl (C=O) groups is 1. The van der Waals surface area contributed by atoms with Gasteiger partial charge in [0.25, 0.3) is 0 Å². The maximum Gasteiger partial charge on any atom is 0.230 e. The number of hydrogen-bond donors (Lipinski definition) is 2. The minimum Gasteiger partial charge on any atom is -0.355 e. The van der Waals surface area contributed by atoms with Gasteiger partial charge < -0.3 is 10.3 Å². The molecule has 0 spiro atoms. The highest BCUT2D eigenvalue weighted by molar-refractivity contribution is 8.00. The highest BCUT2D eigenvalue weighted by Crippen LogP contribution is 2.15. The maximum absolute atomic E-state index is 11.6. The third-order valence-electron chi connectivity index (χ3n) is 2.49. The van der Waals surface area contributed by atoms with E-state index in [4.69, 9.17) is 0 Å². The van der Waals surface area contributed by atoms with E-state index in [1.165, 1.54) is 11.8 Å². The molecule has 0 radical (unpaired) electrons. The van der Waals surface area contributed by atoms with Crippen LogP contribution in [-0.2, 0) is 11.2 Å². The Balaban J connectivity index is 1.57. The number of carbonyl (C=O) groups excluding carboxylic acids is 1. The number of imidazole rings is 1. The predicted octanol–water partition coefficient (Wildman–Crippen LogP) is 1.65. The molecule has 2 aromatic rings. The maximum atomic E-state index is 11.6. The molecule has 0 aromatic carbocycles. The summed E-state index contributed by atoms with van der Waals surface area (Å²) in [4.78, 5) is 23.8. The van der Waals surface area contributed by atoms with Crippen LogP contribution >= 0.6 is 11.8 Å². The molecule has 2 aromatic heterocycles. The molecule has 5 nitrogen and oxygen atoms in total. The Morgan fingerprint density at radius 1 is 1.32 bits per heavy atom. The number of H-pyrrole nitrogens is 1. The van der Waals surface area contributed by atoms with Crippen LogP contribution in [0.3, 0.4) is 0 Å². The largest absolute Gasteiger partial charge is 0.355 e. The van der Waals surface area contributed by atoms with Gasteiger partial charge in [0, 0.05) is 42.6 Å². The molecule has 0 atom stereocenters. The molecule has 0 unspecified atom stereocenters. The second kappa shape index (κ2) is 7.58. The molecule has 0 saturated heterocycles. The molecule has 2 N–H and O–H groups in total. The molecule has 0 aliphatic carbocycles. The van der Waals surface area contributed by atoms with Crippen LogP contribution in [0.25, 0.3) is 0 Å². The Labute approximate surface area is 116 Å². The van der Waals surface area contributed by atoms with Gasteiger partial charge in [-0.2, -0.15) is 0 Å². The number of nitrogens with zero attached hydrogens (tertiary/aromatic N) is 2. The van der Waals surface area contributed by atoms with Crippen LogP contribution in [0.1, 0.15) is 12.2 Å². The third kappa shape index (κ3) is 5.13. The first-order valence-electron chi connectivity index (χ1n) is 6.12. The number of nitrogens with one attached hydrogen (secondary N) is 2. The normalized spacial score (nSPS) is 10.3. The average molecular weight is 276 g/mol. The molecule has 0 bridgehead atoms. The van der Waals surface area contributed by atoms with E-state index in [0.717, 1.165) is 23.6 Å². The molecule has 6 heteroatoms. The second-order valence-corrected chi connectivity index (χ2v) is 5.01. The molecule has 0 aliphatic heterocycles. The Bertz CT molecular complexity index is 487. The van der Waals surface area contributed by atoms with Gasteiger partial charge in [-0.1, -0.05) is 0 Å². The van der Waals surface area contributed by atoms with Crippen LogP contribution in [0, 0.1) is 0 Å². The van der Waals surface area contributed by atoms with E-state index in [2.05, 4.69) is 20.3 Å². The SMILES string of the molecule is O=C(CSc1ccncc1)NCCCc1ncc[nH]1. The van der Waals surface area contributed by atoms with Gasteiger partial charge in [-0.3, -0.25) is 9.78 Å². The van der Waals surface area contributed by atoms with Crippen molar-refractivity contribution in [2.24, 2.45) is 0 Å². The third-order valence-corrected chi connectivity index (χ3v) is 3.50. The van der Waals surface area contributed by atoms with E-state index in [1.807, 2.05) is 12.1 Å². The summed E-state index contributed by atoms with van der Waals surface area (Å²) in [5.74, 6) is 1.45. The first-order valence-corrected chi connectivity index (χ1v) is 7.11. The fourth-order valence-corrected chi connectivity index (χ4v) is 2.27. The summed E-state index contributed by atoms with van der Waals surface area (Å²) >= 11 is 1.51. The lowest BCUT2D eigenvalue weighted by atomic mass is 10.3. The summed E-state index contributed by atoms with van der Waals surface area (Å²) < 4.78 is 0. The summed E-state index contributed by atoms with van der Waals surface area (Å²) in [5, 5.41) is 2.90. The topological polar surface area (TPSA) is 70.7 Å². The summed E-state index contributed by atoms with van der Waals surface area (Å²) in [5.41, 5.74) is 0. The summed E-state index contributed by atoms with van der Waals surface area (Å²) in [6, 6.07) is 3.80. The zero-order chi connectivity index (χ0) is 13.3. The smallest absolute Gasteiger partial charge is 0.230 e. The molecular weight excluding hydrogens is 260 g/mol. The zero-order valence-electron chi connectivity index (χ0n) is 10.5. The number of aryl methyl sites for hydroxylation is 1. The van der Waals surface area contributed by atoms with Crippen molar-refractivity contribution in [2.45, 2.75) is 17.7 Å². The second-order valence-electron chi connectivity index (χ2n) is 3.96. The Hall–Kier alpha value is -1.82. The molecule has 1 amide bonds. The van der Waals surface area contributed by atoms with E-state index in [-0.39, 0.29) is 5.91 Å². The van der Waals surface area contributed by atoms with Crippen LogP contribution in [0.15, 0.2) is 41.8 Å². The molecule has 19 heavy (non-hydrogen) atoms. The van der Waals surface area contributed by atoms with Crippen molar-refractivity contribution in [1.29, 1.82) is 0 Å². The molecule has 2 heterocycles. The van der Waals surface area contributed by atoms with E-state index in [1.54, 1.807) is 24.8 Å². The predicted molar refractivity (Wildman–Crippen MR) is 74.9 cm³/mol. The van der Waals surface area contributed by atoms with Crippen LogP contribution in [0.5, 0.6) is 0 Å². The summed E-state index contributed by atoms with van der Waals surface area (Å²) in [7, 11) is 0. The zero-order valence-corrected chi connectivity index (χ0v) is 11.3. The number of thioether (sulfide) groups is 1. The average Bonchev–Trinajstić information content (AvgIpc) is 2.96.